The van der Waals surface area contributed by atoms with E-state index in [9.17, 15) is 0 Å². The van der Waals surface area contributed by atoms with Crippen molar-refractivity contribution >= 4 is 42.3 Å². The second kappa shape index (κ2) is 11.4. The number of nitrogens with zero attached hydrogens (tertiary/aromatic N) is 3. The zero-order valence-electron chi connectivity index (χ0n) is 25.3. The molecular weight excluding hydrogens is 591 g/mol. The molecule has 0 saturated heterocycles. The van der Waals surface area contributed by atoms with Crippen LogP contribution < -0.4 is 0 Å². The van der Waals surface area contributed by atoms with E-state index in [-0.39, 0.29) is 0 Å². The third-order valence-corrected chi connectivity index (χ3v) is 9.87. The predicted octanol–water partition coefficient (Wildman–Crippen LogP) is 11.7. The van der Waals surface area contributed by atoms with Gasteiger partial charge in [-0.2, -0.15) is 0 Å². The molecule has 9 rings (SSSR count). The zero-order valence-corrected chi connectivity index (χ0v) is 26.2. The number of benzene rings is 7. The molecule has 0 radical (unpaired) electrons. The Balaban J connectivity index is 1.22. The van der Waals surface area contributed by atoms with Crippen molar-refractivity contribution in [2.75, 3.05) is 0 Å². The van der Waals surface area contributed by atoms with Crippen molar-refractivity contribution in [1.29, 1.82) is 0 Å². The molecule has 0 N–H and O–H groups in total. The van der Waals surface area contributed by atoms with E-state index in [1.54, 1.807) is 0 Å². The van der Waals surface area contributed by atoms with Gasteiger partial charge in [0, 0.05) is 36.9 Å². The molecule has 0 fully saturated rings. The van der Waals surface area contributed by atoms with E-state index in [2.05, 4.69) is 152 Å². The molecule has 0 aliphatic heterocycles. The summed E-state index contributed by atoms with van der Waals surface area (Å²) in [7, 11) is 0. The fraction of sp³-hybridized carbons (Fsp3) is 0. The number of thiophene rings is 1. The molecule has 0 bridgehead atoms. The monoisotopic (exact) mass is 617 g/mol. The Kier molecular flexibility index (Phi) is 6.65. The first kappa shape index (κ1) is 27.3. The molecule has 7 aromatic carbocycles. The van der Waals surface area contributed by atoms with Gasteiger partial charge in [-0.3, -0.25) is 0 Å². The SMILES string of the molecule is c1ccc(-c2ccc(-c3nc(-c4cccc(-c5ccccc5)c4)nc(-c4ccc5sc6ccc7ccccc7c6c5c4)n3)cc2)cc1. The van der Waals surface area contributed by atoms with Crippen molar-refractivity contribution in [3.05, 3.63) is 164 Å². The lowest BCUT2D eigenvalue weighted by Crippen LogP contribution is -2.00. The molecule has 0 saturated carbocycles. The zero-order chi connectivity index (χ0) is 31.2. The first-order valence-corrected chi connectivity index (χ1v) is 16.5. The van der Waals surface area contributed by atoms with Crippen molar-refractivity contribution in [2.45, 2.75) is 0 Å². The van der Waals surface area contributed by atoms with E-state index in [4.69, 9.17) is 15.0 Å². The maximum atomic E-state index is 5.11. The van der Waals surface area contributed by atoms with Crippen LogP contribution in [0.25, 0.3) is 87.4 Å². The maximum Gasteiger partial charge on any atom is 0.164 e. The number of rotatable bonds is 5. The first-order chi connectivity index (χ1) is 23.3. The Morgan fingerprint density at radius 2 is 0.830 bits per heavy atom. The van der Waals surface area contributed by atoms with Gasteiger partial charge in [0.15, 0.2) is 17.5 Å². The number of hydrogen-bond acceptors (Lipinski definition) is 4. The molecule has 3 nitrogen and oxygen atoms in total. The van der Waals surface area contributed by atoms with Crippen LogP contribution in [0.5, 0.6) is 0 Å². The molecule has 220 valence electrons. The van der Waals surface area contributed by atoms with Crippen LogP contribution in [-0.2, 0) is 0 Å². The highest BCUT2D eigenvalue weighted by molar-refractivity contribution is 7.26. The summed E-state index contributed by atoms with van der Waals surface area (Å²) in [5.41, 5.74) is 7.47. The van der Waals surface area contributed by atoms with Crippen molar-refractivity contribution in [1.82, 2.24) is 15.0 Å². The summed E-state index contributed by atoms with van der Waals surface area (Å²) < 4.78 is 2.53. The van der Waals surface area contributed by atoms with Gasteiger partial charge in [-0.25, -0.2) is 15.0 Å². The molecule has 0 spiro atoms. The molecule has 4 heteroatoms. The highest BCUT2D eigenvalue weighted by Crippen LogP contribution is 2.40. The van der Waals surface area contributed by atoms with Crippen molar-refractivity contribution in [3.8, 4) is 56.4 Å². The van der Waals surface area contributed by atoms with Crippen LogP contribution >= 0.6 is 11.3 Å². The van der Waals surface area contributed by atoms with E-state index in [0.717, 1.165) is 33.4 Å². The largest absolute Gasteiger partial charge is 0.208 e. The molecule has 0 amide bonds. The van der Waals surface area contributed by atoms with Crippen LogP contribution in [0.3, 0.4) is 0 Å². The van der Waals surface area contributed by atoms with E-state index in [1.807, 2.05) is 23.5 Å². The highest BCUT2D eigenvalue weighted by atomic mass is 32.1. The highest BCUT2D eigenvalue weighted by Gasteiger charge is 2.16. The smallest absolute Gasteiger partial charge is 0.164 e. The second-order valence-electron chi connectivity index (χ2n) is 11.7. The second-order valence-corrected chi connectivity index (χ2v) is 12.8. The molecular formula is C43H27N3S. The van der Waals surface area contributed by atoms with Gasteiger partial charge in [0.2, 0.25) is 0 Å². The third-order valence-electron chi connectivity index (χ3n) is 8.73. The van der Waals surface area contributed by atoms with E-state index < -0.39 is 0 Å². The maximum absolute atomic E-state index is 5.11. The predicted molar refractivity (Wildman–Crippen MR) is 197 cm³/mol. The van der Waals surface area contributed by atoms with E-state index in [0.29, 0.717) is 17.5 Å². The van der Waals surface area contributed by atoms with Crippen molar-refractivity contribution in [2.24, 2.45) is 0 Å². The van der Waals surface area contributed by atoms with E-state index >= 15 is 0 Å². The molecule has 2 heterocycles. The normalized spacial score (nSPS) is 11.4. The molecule has 2 aromatic heterocycles. The minimum absolute atomic E-state index is 0.649. The standard InChI is InChI=1S/C43H27N3S/c1-3-10-28(11-4-1)30-18-20-32(21-19-30)41-44-42(34-16-9-15-33(26-34)29-12-5-2-6-13-29)46-43(45-41)35-23-24-38-37(27-35)40-36-17-8-7-14-31(36)22-25-39(40)47-38/h1-27H. The molecule has 0 atom stereocenters. The van der Waals surface area contributed by atoms with Crippen LogP contribution in [0, 0.1) is 0 Å². The summed E-state index contributed by atoms with van der Waals surface area (Å²) in [5, 5.41) is 5.02. The number of aromatic nitrogens is 3. The lowest BCUT2D eigenvalue weighted by Gasteiger charge is -2.10. The van der Waals surface area contributed by atoms with Gasteiger partial charge in [0.1, 0.15) is 0 Å². The van der Waals surface area contributed by atoms with E-state index in [1.165, 1.54) is 36.5 Å². The topological polar surface area (TPSA) is 38.7 Å². The lowest BCUT2D eigenvalue weighted by atomic mass is 10.0. The van der Waals surface area contributed by atoms with Crippen LogP contribution in [0.2, 0.25) is 0 Å². The Hall–Kier alpha value is -5.97. The van der Waals surface area contributed by atoms with Gasteiger partial charge in [-0.05, 0) is 63.4 Å². The molecule has 9 aromatic rings. The van der Waals surface area contributed by atoms with Crippen LogP contribution in [0.15, 0.2) is 164 Å². The summed E-state index contributed by atoms with van der Waals surface area (Å²) in [5.74, 6) is 1.95. The van der Waals surface area contributed by atoms with Gasteiger partial charge in [0.05, 0.1) is 0 Å². The Labute approximate surface area is 276 Å². The van der Waals surface area contributed by atoms with Crippen LogP contribution in [0.1, 0.15) is 0 Å². The number of fused-ring (bicyclic) bond motifs is 5. The summed E-state index contributed by atoms with van der Waals surface area (Å²) in [4.78, 5) is 15.3. The lowest BCUT2D eigenvalue weighted by molar-refractivity contribution is 1.07. The molecule has 0 unspecified atom stereocenters. The molecule has 0 aliphatic carbocycles. The quantitative estimate of drug-likeness (QED) is 0.193. The average molecular weight is 618 g/mol. The number of hydrogen-bond donors (Lipinski definition) is 0. The summed E-state index contributed by atoms with van der Waals surface area (Å²) in [6.45, 7) is 0. The minimum Gasteiger partial charge on any atom is -0.208 e. The minimum atomic E-state index is 0.649. The Bertz CT molecular complexity index is 2550. The van der Waals surface area contributed by atoms with Gasteiger partial charge in [-0.1, -0.05) is 133 Å². The van der Waals surface area contributed by atoms with Crippen LogP contribution in [-0.4, -0.2) is 15.0 Å². The van der Waals surface area contributed by atoms with Crippen molar-refractivity contribution in [3.63, 3.8) is 0 Å². The summed E-state index contributed by atoms with van der Waals surface area (Å²) in [6, 6.07) is 57.4. The first-order valence-electron chi connectivity index (χ1n) is 15.7. The fourth-order valence-electron chi connectivity index (χ4n) is 6.36. The van der Waals surface area contributed by atoms with Crippen LogP contribution in [0.4, 0.5) is 0 Å². The molecule has 0 aliphatic rings. The Morgan fingerprint density at radius 3 is 1.57 bits per heavy atom. The molecule has 47 heavy (non-hydrogen) atoms. The van der Waals surface area contributed by atoms with Crippen molar-refractivity contribution < 1.29 is 0 Å². The summed E-state index contributed by atoms with van der Waals surface area (Å²) >= 11 is 1.83. The summed E-state index contributed by atoms with van der Waals surface area (Å²) in [6.07, 6.45) is 0. The Morgan fingerprint density at radius 1 is 0.319 bits per heavy atom. The fourth-order valence-corrected chi connectivity index (χ4v) is 7.46. The van der Waals surface area contributed by atoms with Gasteiger partial charge in [0.25, 0.3) is 0 Å². The third kappa shape index (κ3) is 5.05. The average Bonchev–Trinajstić information content (AvgIpc) is 3.54. The van der Waals surface area contributed by atoms with Gasteiger partial charge >= 0.3 is 0 Å². The van der Waals surface area contributed by atoms with Gasteiger partial charge in [-0.15, -0.1) is 11.3 Å². The van der Waals surface area contributed by atoms with Gasteiger partial charge < -0.3 is 0 Å².